The van der Waals surface area contributed by atoms with Gasteiger partial charge in [-0.1, -0.05) is 17.7 Å². The summed E-state index contributed by atoms with van der Waals surface area (Å²) in [6.07, 6.45) is 4.69. The van der Waals surface area contributed by atoms with Gasteiger partial charge in [-0.15, -0.1) is 0 Å². The van der Waals surface area contributed by atoms with Gasteiger partial charge in [0.2, 0.25) is 0 Å². The number of rotatable bonds is 4. The zero-order valence-corrected chi connectivity index (χ0v) is 15.8. The Hall–Kier alpha value is -2.31. The van der Waals surface area contributed by atoms with Crippen LogP contribution in [0.1, 0.15) is 21.5 Å². The maximum absolute atomic E-state index is 11.6. The molecular weight excluding hydrogens is 346 g/mol. The van der Waals surface area contributed by atoms with Crippen LogP contribution in [-0.4, -0.2) is 41.5 Å². The van der Waals surface area contributed by atoms with E-state index >= 15 is 0 Å². The summed E-state index contributed by atoms with van der Waals surface area (Å²) in [5, 5.41) is 1.05. The number of fused-ring (bicyclic) bond motifs is 1. The molecule has 1 fully saturated rings. The van der Waals surface area contributed by atoms with E-state index in [2.05, 4.69) is 58.2 Å². The molecule has 0 N–H and O–H groups in total. The van der Waals surface area contributed by atoms with E-state index in [1.165, 1.54) is 5.56 Å². The van der Waals surface area contributed by atoms with Crippen LogP contribution in [0.4, 0.5) is 5.69 Å². The SMILES string of the molecule is Cc1ccc(Sn2cc(C)c3c(N4CCOCC4)c(C=O)cnc32)cc1. The predicted octanol–water partition coefficient (Wildman–Crippen LogP) is 3.86. The van der Waals surface area contributed by atoms with Gasteiger partial charge in [-0.2, -0.15) is 0 Å². The fourth-order valence-corrected chi connectivity index (χ4v) is 4.26. The van der Waals surface area contributed by atoms with Crippen molar-refractivity contribution in [3.05, 3.63) is 53.3 Å². The molecule has 0 spiro atoms. The van der Waals surface area contributed by atoms with E-state index < -0.39 is 0 Å². The second kappa shape index (κ2) is 7.13. The number of carbonyl (C=O) groups is 1. The van der Waals surface area contributed by atoms with Gasteiger partial charge in [-0.3, -0.25) is 8.77 Å². The van der Waals surface area contributed by atoms with Gasteiger partial charge in [0, 0.05) is 35.8 Å². The third kappa shape index (κ3) is 3.10. The van der Waals surface area contributed by atoms with Crippen molar-refractivity contribution in [3.63, 3.8) is 0 Å². The number of carbonyl (C=O) groups excluding carboxylic acids is 1. The predicted molar refractivity (Wildman–Crippen MR) is 105 cm³/mol. The Balaban J connectivity index is 1.82. The first-order valence-electron chi connectivity index (χ1n) is 8.71. The highest BCUT2D eigenvalue weighted by atomic mass is 32.2. The van der Waals surface area contributed by atoms with Crippen LogP contribution >= 0.6 is 11.9 Å². The molecule has 1 aliphatic rings. The zero-order valence-electron chi connectivity index (χ0n) is 14.9. The molecule has 1 aromatic carbocycles. The Bertz CT molecular complexity index is 944. The minimum absolute atomic E-state index is 0.639. The number of pyridine rings is 1. The van der Waals surface area contributed by atoms with Crippen molar-refractivity contribution in [2.75, 3.05) is 31.2 Å². The van der Waals surface area contributed by atoms with E-state index in [0.717, 1.165) is 46.6 Å². The number of aromatic nitrogens is 2. The first kappa shape index (κ1) is 17.1. The van der Waals surface area contributed by atoms with E-state index in [4.69, 9.17) is 4.74 Å². The Morgan fingerprint density at radius 3 is 2.58 bits per heavy atom. The molecule has 0 atom stereocenters. The molecule has 0 aliphatic carbocycles. The molecule has 3 heterocycles. The molecule has 2 aromatic heterocycles. The number of hydrogen-bond acceptors (Lipinski definition) is 5. The summed E-state index contributed by atoms with van der Waals surface area (Å²) < 4.78 is 7.57. The van der Waals surface area contributed by atoms with Crippen LogP contribution in [0, 0.1) is 13.8 Å². The van der Waals surface area contributed by atoms with Gasteiger partial charge in [0.15, 0.2) is 11.9 Å². The minimum Gasteiger partial charge on any atom is -0.378 e. The average molecular weight is 367 g/mol. The number of anilines is 1. The van der Waals surface area contributed by atoms with E-state index in [1.807, 2.05) is 0 Å². The van der Waals surface area contributed by atoms with Gasteiger partial charge >= 0.3 is 0 Å². The molecule has 1 saturated heterocycles. The van der Waals surface area contributed by atoms with Crippen molar-refractivity contribution in [1.29, 1.82) is 0 Å². The van der Waals surface area contributed by atoms with Crippen molar-refractivity contribution in [2.45, 2.75) is 18.7 Å². The first-order valence-corrected chi connectivity index (χ1v) is 9.48. The van der Waals surface area contributed by atoms with Crippen LogP contribution in [0.15, 0.2) is 41.6 Å². The van der Waals surface area contributed by atoms with Crippen LogP contribution in [0.25, 0.3) is 11.0 Å². The quantitative estimate of drug-likeness (QED) is 0.656. The summed E-state index contributed by atoms with van der Waals surface area (Å²) in [6, 6.07) is 8.45. The van der Waals surface area contributed by atoms with Crippen LogP contribution in [0.3, 0.4) is 0 Å². The van der Waals surface area contributed by atoms with Crippen LogP contribution in [0.2, 0.25) is 0 Å². The maximum atomic E-state index is 11.6. The summed E-state index contributed by atoms with van der Waals surface area (Å²) in [6.45, 7) is 7.10. The molecule has 4 rings (SSSR count). The topological polar surface area (TPSA) is 47.4 Å². The molecular formula is C20H21N3O2S. The number of hydrogen-bond donors (Lipinski definition) is 0. The van der Waals surface area contributed by atoms with Crippen LogP contribution < -0.4 is 4.90 Å². The number of aryl methyl sites for hydroxylation is 2. The van der Waals surface area contributed by atoms with Gasteiger partial charge in [0.1, 0.15) is 0 Å². The molecule has 1 aliphatic heterocycles. The summed E-state index contributed by atoms with van der Waals surface area (Å²) >= 11 is 1.64. The monoisotopic (exact) mass is 367 g/mol. The van der Waals surface area contributed by atoms with Gasteiger partial charge < -0.3 is 9.64 Å². The lowest BCUT2D eigenvalue weighted by Crippen LogP contribution is -2.37. The fraction of sp³-hybridized carbons (Fsp3) is 0.300. The summed E-state index contributed by atoms with van der Waals surface area (Å²) in [5.41, 5.74) is 4.87. The van der Waals surface area contributed by atoms with E-state index in [-0.39, 0.29) is 0 Å². The molecule has 0 bridgehead atoms. The molecule has 5 nitrogen and oxygen atoms in total. The molecule has 6 heteroatoms. The second-order valence-corrected chi connectivity index (χ2v) is 7.57. The maximum Gasteiger partial charge on any atom is 0.153 e. The summed E-state index contributed by atoms with van der Waals surface area (Å²) in [7, 11) is 0. The Morgan fingerprint density at radius 2 is 1.88 bits per heavy atom. The molecule has 3 aromatic rings. The lowest BCUT2D eigenvalue weighted by atomic mass is 10.1. The smallest absolute Gasteiger partial charge is 0.153 e. The average Bonchev–Trinajstić information content (AvgIpc) is 2.99. The normalized spacial score (nSPS) is 14.8. The largest absolute Gasteiger partial charge is 0.378 e. The molecule has 0 unspecified atom stereocenters. The molecule has 0 saturated carbocycles. The molecule has 0 amide bonds. The Morgan fingerprint density at radius 1 is 1.15 bits per heavy atom. The second-order valence-electron chi connectivity index (χ2n) is 6.52. The number of nitrogens with zero attached hydrogens (tertiary/aromatic N) is 3. The van der Waals surface area contributed by atoms with Crippen molar-refractivity contribution in [1.82, 2.24) is 8.96 Å². The molecule has 134 valence electrons. The highest BCUT2D eigenvalue weighted by Crippen LogP contribution is 2.36. The highest BCUT2D eigenvalue weighted by molar-refractivity contribution is 7.98. The van der Waals surface area contributed by atoms with Crippen LogP contribution in [-0.2, 0) is 4.74 Å². The van der Waals surface area contributed by atoms with Gasteiger partial charge in [0.25, 0.3) is 0 Å². The molecule has 26 heavy (non-hydrogen) atoms. The fourth-order valence-electron chi connectivity index (χ4n) is 3.33. The number of aldehydes is 1. The van der Waals surface area contributed by atoms with Crippen molar-refractivity contribution >= 4 is 35.0 Å². The lowest BCUT2D eigenvalue weighted by molar-refractivity contribution is 0.111. The van der Waals surface area contributed by atoms with E-state index in [9.17, 15) is 4.79 Å². The number of benzene rings is 1. The van der Waals surface area contributed by atoms with Crippen molar-refractivity contribution < 1.29 is 9.53 Å². The number of ether oxygens (including phenoxy) is 1. The van der Waals surface area contributed by atoms with Crippen LogP contribution in [0.5, 0.6) is 0 Å². The van der Waals surface area contributed by atoms with Gasteiger partial charge in [0.05, 0.1) is 24.5 Å². The Kier molecular flexibility index (Phi) is 4.70. The Labute approximate surface area is 157 Å². The van der Waals surface area contributed by atoms with Crippen molar-refractivity contribution in [3.8, 4) is 0 Å². The van der Waals surface area contributed by atoms with Crippen molar-refractivity contribution in [2.24, 2.45) is 0 Å². The zero-order chi connectivity index (χ0) is 18.1. The van der Waals surface area contributed by atoms with Gasteiger partial charge in [-0.05, 0) is 43.5 Å². The third-order valence-electron chi connectivity index (χ3n) is 4.65. The lowest BCUT2D eigenvalue weighted by Gasteiger charge is -2.30. The summed E-state index contributed by atoms with van der Waals surface area (Å²) in [4.78, 5) is 19.6. The third-order valence-corrected chi connectivity index (χ3v) is 5.61. The number of morpholine rings is 1. The van der Waals surface area contributed by atoms with E-state index in [0.29, 0.717) is 18.8 Å². The highest BCUT2D eigenvalue weighted by Gasteiger charge is 2.22. The van der Waals surface area contributed by atoms with E-state index in [1.54, 1.807) is 18.1 Å². The summed E-state index contributed by atoms with van der Waals surface area (Å²) in [5.74, 6) is 0. The van der Waals surface area contributed by atoms with Gasteiger partial charge in [-0.25, -0.2) is 4.98 Å². The standard InChI is InChI=1S/C20H21N3O2S/c1-14-3-5-17(6-4-14)26-23-12-15(2)18-19(22-7-9-25-10-8-22)16(13-24)11-21-20(18)23/h3-6,11-13H,7-10H2,1-2H3. The minimum atomic E-state index is 0.639. The first-order chi connectivity index (χ1) is 12.7. The molecule has 0 radical (unpaired) electrons.